The molecule has 0 fully saturated rings. The zero-order chi connectivity index (χ0) is 36.3. The fourth-order valence-corrected chi connectivity index (χ4v) is 9.16. The second-order valence-electron chi connectivity index (χ2n) is 14.0. The summed E-state index contributed by atoms with van der Waals surface area (Å²) >= 11 is 1.86. The molecule has 3 nitrogen and oxygen atoms in total. The highest BCUT2D eigenvalue weighted by molar-refractivity contribution is 7.26. The molecule has 2 aromatic heterocycles. The van der Waals surface area contributed by atoms with E-state index in [1.165, 1.54) is 58.4 Å². The molecule has 0 atom stereocenters. The number of nitrogens with zero attached hydrogens (tertiary/aromatic N) is 2. The quantitative estimate of drug-likeness (QED) is 0.171. The number of oxazole rings is 1. The average Bonchev–Trinajstić information content (AvgIpc) is 3.85. The lowest BCUT2D eigenvalue weighted by atomic mass is 9.92. The smallest absolute Gasteiger partial charge is 0.227 e. The molecule has 0 unspecified atom stereocenters. The number of benzene rings is 9. The Balaban J connectivity index is 1.03. The maximum atomic E-state index is 6.22. The normalized spacial score (nSPS) is 11.6. The molecule has 4 heteroatoms. The van der Waals surface area contributed by atoms with Gasteiger partial charge in [0, 0.05) is 42.8 Å². The third-order valence-electron chi connectivity index (χ3n) is 10.6. The molecular formula is C51H32N2OS. The van der Waals surface area contributed by atoms with Gasteiger partial charge < -0.3 is 9.32 Å². The topological polar surface area (TPSA) is 29.3 Å². The highest BCUT2D eigenvalue weighted by atomic mass is 32.1. The van der Waals surface area contributed by atoms with E-state index in [9.17, 15) is 0 Å². The second kappa shape index (κ2) is 12.8. The molecule has 0 bridgehead atoms. The Morgan fingerprint density at radius 2 is 1.09 bits per heavy atom. The SMILES string of the molecule is c1ccc(-c2nc3cc(-c4c5ccccc5cc5sc6ccc(-c7ccc(N(c8ccccc8)c8ccc9ccccc9c8)cc7)cc6c45)ccc3o2)cc1. The van der Waals surface area contributed by atoms with Gasteiger partial charge >= 0.3 is 0 Å². The van der Waals surface area contributed by atoms with E-state index in [1.807, 2.05) is 41.7 Å². The van der Waals surface area contributed by atoms with Crippen molar-refractivity contribution in [1.29, 1.82) is 0 Å². The molecule has 0 aliphatic rings. The van der Waals surface area contributed by atoms with E-state index in [1.54, 1.807) is 0 Å². The van der Waals surface area contributed by atoms with Gasteiger partial charge in [0.25, 0.3) is 0 Å². The van der Waals surface area contributed by atoms with Crippen molar-refractivity contribution in [2.45, 2.75) is 0 Å². The molecule has 0 radical (unpaired) electrons. The van der Waals surface area contributed by atoms with Crippen LogP contribution >= 0.6 is 11.3 Å². The van der Waals surface area contributed by atoms with Crippen LogP contribution in [-0.4, -0.2) is 4.98 Å². The minimum atomic E-state index is 0.636. The maximum Gasteiger partial charge on any atom is 0.227 e. The van der Waals surface area contributed by atoms with Crippen LogP contribution in [0.3, 0.4) is 0 Å². The number of anilines is 3. The number of thiophene rings is 1. The number of hydrogen-bond donors (Lipinski definition) is 0. The van der Waals surface area contributed by atoms with Gasteiger partial charge in [-0.15, -0.1) is 11.3 Å². The van der Waals surface area contributed by atoms with E-state index in [0.717, 1.165) is 39.3 Å². The van der Waals surface area contributed by atoms with Crippen LogP contribution in [0.1, 0.15) is 0 Å². The lowest BCUT2D eigenvalue weighted by molar-refractivity contribution is 0.620. The van der Waals surface area contributed by atoms with Gasteiger partial charge in [-0.3, -0.25) is 0 Å². The van der Waals surface area contributed by atoms with Crippen LogP contribution in [0.25, 0.3) is 86.5 Å². The van der Waals surface area contributed by atoms with E-state index < -0.39 is 0 Å². The van der Waals surface area contributed by atoms with Gasteiger partial charge in [0.15, 0.2) is 5.58 Å². The lowest BCUT2D eigenvalue weighted by Gasteiger charge is -2.26. The molecule has 0 N–H and O–H groups in total. The molecule has 11 aromatic rings. The van der Waals surface area contributed by atoms with Crippen LogP contribution in [0.4, 0.5) is 17.1 Å². The number of aromatic nitrogens is 1. The summed E-state index contributed by atoms with van der Waals surface area (Å²) in [6, 6.07) is 69.3. The van der Waals surface area contributed by atoms with Crippen molar-refractivity contribution in [3.63, 3.8) is 0 Å². The van der Waals surface area contributed by atoms with Gasteiger partial charge in [0.2, 0.25) is 5.89 Å². The van der Waals surface area contributed by atoms with Crippen molar-refractivity contribution in [2.75, 3.05) is 4.90 Å². The molecule has 0 saturated carbocycles. The van der Waals surface area contributed by atoms with Crippen molar-refractivity contribution in [1.82, 2.24) is 4.98 Å². The van der Waals surface area contributed by atoms with Crippen LogP contribution in [0.2, 0.25) is 0 Å². The molecular weight excluding hydrogens is 689 g/mol. The Morgan fingerprint density at radius 1 is 0.418 bits per heavy atom. The van der Waals surface area contributed by atoms with E-state index in [4.69, 9.17) is 9.40 Å². The molecule has 0 aliphatic carbocycles. The standard InChI is InChI=1S/C51H32N2OS/c1-3-12-35(13-4-1)51-52-45-31-39(22-27-46(45)54-51)49-43-18-10-9-15-38(43)32-48-50(49)44-30-37(23-28-47(44)55-48)34-19-24-41(25-20-34)53(40-16-5-2-6-17-40)42-26-21-33-11-7-8-14-36(33)29-42/h1-32H. The number of rotatable bonds is 6. The lowest BCUT2D eigenvalue weighted by Crippen LogP contribution is -2.09. The van der Waals surface area contributed by atoms with Crippen molar-refractivity contribution in [2.24, 2.45) is 0 Å². The highest BCUT2D eigenvalue weighted by Crippen LogP contribution is 2.46. The van der Waals surface area contributed by atoms with Crippen molar-refractivity contribution >= 4 is 81.2 Å². The third-order valence-corrected chi connectivity index (χ3v) is 11.8. The molecule has 55 heavy (non-hydrogen) atoms. The Labute approximate surface area is 322 Å². The van der Waals surface area contributed by atoms with Crippen molar-refractivity contribution < 1.29 is 4.42 Å². The fourth-order valence-electron chi connectivity index (χ4n) is 8.01. The summed E-state index contributed by atoms with van der Waals surface area (Å²) in [5.41, 5.74) is 10.7. The molecule has 0 saturated heterocycles. The van der Waals surface area contributed by atoms with E-state index in [-0.39, 0.29) is 0 Å². The Bertz CT molecular complexity index is 3200. The average molecular weight is 721 g/mol. The number of para-hydroxylation sites is 1. The van der Waals surface area contributed by atoms with Crippen LogP contribution in [0, 0.1) is 0 Å². The zero-order valence-corrected chi connectivity index (χ0v) is 30.5. The first kappa shape index (κ1) is 31.5. The minimum Gasteiger partial charge on any atom is -0.436 e. The summed E-state index contributed by atoms with van der Waals surface area (Å²) in [5, 5.41) is 7.44. The van der Waals surface area contributed by atoms with Crippen LogP contribution in [0.5, 0.6) is 0 Å². The van der Waals surface area contributed by atoms with Gasteiger partial charge in [-0.1, -0.05) is 115 Å². The van der Waals surface area contributed by atoms with Gasteiger partial charge in [-0.2, -0.15) is 0 Å². The molecule has 0 spiro atoms. The van der Waals surface area contributed by atoms with E-state index in [0.29, 0.717) is 5.89 Å². The van der Waals surface area contributed by atoms with Crippen LogP contribution in [0.15, 0.2) is 199 Å². The van der Waals surface area contributed by atoms with Crippen molar-refractivity contribution in [3.8, 4) is 33.7 Å². The molecule has 9 aromatic carbocycles. The highest BCUT2D eigenvalue weighted by Gasteiger charge is 2.19. The van der Waals surface area contributed by atoms with Gasteiger partial charge in [-0.05, 0) is 123 Å². The molecule has 11 rings (SSSR count). The predicted octanol–water partition coefficient (Wildman–Crippen LogP) is 15.0. The summed E-state index contributed by atoms with van der Waals surface area (Å²) in [5.74, 6) is 0.636. The second-order valence-corrected chi connectivity index (χ2v) is 15.1. The maximum absolute atomic E-state index is 6.22. The summed E-state index contributed by atoms with van der Waals surface area (Å²) in [4.78, 5) is 7.27. The first-order valence-corrected chi connectivity index (χ1v) is 19.3. The van der Waals surface area contributed by atoms with Crippen molar-refractivity contribution in [3.05, 3.63) is 194 Å². The zero-order valence-electron chi connectivity index (χ0n) is 29.7. The molecule has 0 amide bonds. The van der Waals surface area contributed by atoms with Gasteiger partial charge in [0.05, 0.1) is 0 Å². The largest absolute Gasteiger partial charge is 0.436 e. The van der Waals surface area contributed by atoms with Crippen LogP contribution in [-0.2, 0) is 0 Å². The van der Waals surface area contributed by atoms with Gasteiger partial charge in [0.1, 0.15) is 5.52 Å². The Kier molecular flexibility index (Phi) is 7.35. The molecule has 258 valence electrons. The summed E-state index contributed by atoms with van der Waals surface area (Å²) in [7, 11) is 0. The molecule has 2 heterocycles. The first-order chi connectivity index (χ1) is 27.2. The first-order valence-electron chi connectivity index (χ1n) is 18.5. The van der Waals surface area contributed by atoms with Crippen LogP contribution < -0.4 is 4.90 Å². The summed E-state index contributed by atoms with van der Waals surface area (Å²) in [6.45, 7) is 0. The van der Waals surface area contributed by atoms with E-state index in [2.05, 4.69) is 169 Å². The number of hydrogen-bond acceptors (Lipinski definition) is 4. The minimum absolute atomic E-state index is 0.636. The Morgan fingerprint density at radius 3 is 1.93 bits per heavy atom. The monoisotopic (exact) mass is 720 g/mol. The number of fused-ring (bicyclic) bond motifs is 6. The third kappa shape index (κ3) is 5.46. The predicted molar refractivity (Wildman–Crippen MR) is 233 cm³/mol. The van der Waals surface area contributed by atoms with Gasteiger partial charge in [-0.25, -0.2) is 4.98 Å². The summed E-state index contributed by atoms with van der Waals surface area (Å²) in [6.07, 6.45) is 0. The van der Waals surface area contributed by atoms with E-state index >= 15 is 0 Å². The molecule has 0 aliphatic heterocycles. The fraction of sp³-hybridized carbons (Fsp3) is 0. The summed E-state index contributed by atoms with van der Waals surface area (Å²) < 4.78 is 8.76. The Hall–Kier alpha value is -7.01.